The van der Waals surface area contributed by atoms with Crippen LogP contribution in [0.3, 0.4) is 0 Å². The molecule has 0 N–H and O–H groups in total. The van der Waals surface area contributed by atoms with Gasteiger partial charge in [-0.3, -0.25) is 0 Å². The number of para-hydroxylation sites is 1. The Morgan fingerprint density at radius 1 is 0.692 bits per heavy atom. The lowest BCUT2D eigenvalue weighted by Crippen LogP contribution is -2.24. The van der Waals surface area contributed by atoms with Gasteiger partial charge in [-0.25, -0.2) is 0 Å². The lowest BCUT2D eigenvalue weighted by Gasteiger charge is -2.35. The highest BCUT2D eigenvalue weighted by Crippen LogP contribution is 2.43. The Balaban J connectivity index is 1.61. The second-order valence-electron chi connectivity index (χ2n) is 8.29. The van der Waals surface area contributed by atoms with Crippen LogP contribution in [0.2, 0.25) is 0 Å². The van der Waals surface area contributed by atoms with Crippen molar-refractivity contribution in [2.24, 2.45) is 11.8 Å². The fourth-order valence-electron chi connectivity index (χ4n) is 5.09. The second kappa shape index (κ2) is 8.29. The molecule has 2 fully saturated rings. The molecule has 0 saturated heterocycles. The molecule has 26 heavy (non-hydrogen) atoms. The van der Waals surface area contributed by atoms with Crippen molar-refractivity contribution in [1.82, 2.24) is 0 Å². The first kappa shape index (κ1) is 17.6. The Morgan fingerprint density at radius 3 is 1.69 bits per heavy atom. The fourth-order valence-corrected chi connectivity index (χ4v) is 5.09. The minimum Gasteiger partial charge on any atom is -0.482 e. The number of allylic oxidation sites excluding steroid dienone is 3. The normalized spacial score (nSPS) is 23.5. The molecule has 3 aliphatic carbocycles. The molecule has 1 nitrogen and oxygen atoms in total. The average molecular weight is 349 g/mol. The van der Waals surface area contributed by atoms with Crippen LogP contribution in [0.5, 0.6) is 5.75 Å². The Labute approximate surface area is 158 Å². The standard InChI is InChI=1S/C25H32O/c1-19-24(20-11-5-2-6-12-20)17-23(26-22-15-9-4-10-16-22)18-25(19)21-13-7-3-8-14-21/h4,9-10,15-18,20-21,23H,1-3,5-8,11-14H2. The summed E-state index contributed by atoms with van der Waals surface area (Å²) in [5, 5.41) is 0. The SMILES string of the molecule is C=C1C(C2CCCCC2)=CC(Oc2ccccc2)C=C1C1CCCCC1. The van der Waals surface area contributed by atoms with E-state index in [0.717, 1.165) is 5.75 Å². The highest BCUT2D eigenvalue weighted by molar-refractivity contribution is 5.52. The number of benzene rings is 1. The highest BCUT2D eigenvalue weighted by Gasteiger charge is 2.30. The summed E-state index contributed by atoms with van der Waals surface area (Å²) in [6.07, 6.45) is 18.3. The van der Waals surface area contributed by atoms with E-state index in [1.165, 1.54) is 80.9 Å². The Hall–Kier alpha value is -1.76. The van der Waals surface area contributed by atoms with Gasteiger partial charge in [0.05, 0.1) is 0 Å². The first-order valence-corrected chi connectivity index (χ1v) is 10.7. The summed E-state index contributed by atoms with van der Waals surface area (Å²) < 4.78 is 6.35. The first-order chi connectivity index (χ1) is 12.8. The van der Waals surface area contributed by atoms with Gasteiger partial charge in [-0.1, -0.05) is 63.3 Å². The van der Waals surface area contributed by atoms with Gasteiger partial charge in [-0.2, -0.15) is 0 Å². The van der Waals surface area contributed by atoms with Crippen LogP contribution in [0.15, 0.2) is 65.8 Å². The molecule has 1 heteroatoms. The minimum atomic E-state index is 0.0525. The topological polar surface area (TPSA) is 9.23 Å². The van der Waals surface area contributed by atoms with Crippen LogP contribution in [0.4, 0.5) is 0 Å². The average Bonchev–Trinajstić information content (AvgIpc) is 2.71. The minimum absolute atomic E-state index is 0.0525. The van der Waals surface area contributed by atoms with Gasteiger partial charge < -0.3 is 4.74 Å². The number of hydrogen-bond acceptors (Lipinski definition) is 1. The van der Waals surface area contributed by atoms with Crippen molar-refractivity contribution in [1.29, 1.82) is 0 Å². The van der Waals surface area contributed by atoms with Crippen LogP contribution in [0.1, 0.15) is 64.2 Å². The molecule has 2 saturated carbocycles. The fraction of sp³-hybridized carbons (Fsp3) is 0.520. The monoisotopic (exact) mass is 348 g/mol. The lowest BCUT2D eigenvalue weighted by molar-refractivity contribution is 0.286. The summed E-state index contributed by atoms with van der Waals surface area (Å²) in [5.41, 5.74) is 4.32. The van der Waals surface area contributed by atoms with Crippen molar-refractivity contribution in [3.63, 3.8) is 0 Å². The van der Waals surface area contributed by atoms with Crippen molar-refractivity contribution in [3.05, 3.63) is 65.8 Å². The molecule has 4 rings (SSSR count). The summed E-state index contributed by atoms with van der Waals surface area (Å²) in [6.45, 7) is 4.58. The molecule has 0 radical (unpaired) electrons. The summed E-state index contributed by atoms with van der Waals surface area (Å²) in [6, 6.07) is 10.3. The van der Waals surface area contributed by atoms with E-state index < -0.39 is 0 Å². The molecule has 1 aromatic carbocycles. The van der Waals surface area contributed by atoms with Gasteiger partial charge in [0, 0.05) is 0 Å². The number of ether oxygens (including phenoxy) is 1. The van der Waals surface area contributed by atoms with E-state index in [1.807, 2.05) is 6.07 Å². The molecule has 0 aliphatic heterocycles. The molecule has 1 aromatic rings. The number of rotatable bonds is 4. The van der Waals surface area contributed by atoms with Crippen LogP contribution in [0, 0.1) is 11.8 Å². The molecule has 0 aromatic heterocycles. The van der Waals surface area contributed by atoms with Gasteiger partial charge in [0.1, 0.15) is 11.9 Å². The molecular weight excluding hydrogens is 316 g/mol. The zero-order valence-electron chi connectivity index (χ0n) is 16.0. The lowest BCUT2D eigenvalue weighted by atomic mass is 9.72. The van der Waals surface area contributed by atoms with Gasteiger partial charge in [0.2, 0.25) is 0 Å². The summed E-state index contributed by atoms with van der Waals surface area (Å²) in [7, 11) is 0. The molecule has 0 unspecified atom stereocenters. The largest absolute Gasteiger partial charge is 0.482 e. The Bertz CT molecular complexity index is 631. The molecule has 3 aliphatic rings. The quantitative estimate of drug-likeness (QED) is 0.568. The van der Waals surface area contributed by atoms with E-state index in [4.69, 9.17) is 4.74 Å². The first-order valence-electron chi connectivity index (χ1n) is 10.7. The Kier molecular flexibility index (Phi) is 5.62. The zero-order valence-corrected chi connectivity index (χ0v) is 16.0. The predicted molar refractivity (Wildman–Crippen MR) is 109 cm³/mol. The van der Waals surface area contributed by atoms with Gasteiger partial charge in [0.25, 0.3) is 0 Å². The van der Waals surface area contributed by atoms with Gasteiger partial charge >= 0.3 is 0 Å². The van der Waals surface area contributed by atoms with Crippen LogP contribution < -0.4 is 4.74 Å². The van der Waals surface area contributed by atoms with Crippen LogP contribution in [-0.4, -0.2) is 6.10 Å². The van der Waals surface area contributed by atoms with Gasteiger partial charge in [-0.05, 0) is 78.5 Å². The number of hydrogen-bond donors (Lipinski definition) is 0. The van der Waals surface area contributed by atoms with Crippen LogP contribution in [-0.2, 0) is 0 Å². The van der Waals surface area contributed by atoms with E-state index >= 15 is 0 Å². The molecule has 0 bridgehead atoms. The molecule has 0 spiro atoms. The summed E-state index contributed by atoms with van der Waals surface area (Å²) >= 11 is 0. The maximum atomic E-state index is 6.35. The van der Waals surface area contributed by atoms with Crippen molar-refractivity contribution < 1.29 is 4.74 Å². The van der Waals surface area contributed by atoms with Crippen LogP contribution >= 0.6 is 0 Å². The molecule has 0 amide bonds. The Morgan fingerprint density at radius 2 is 1.19 bits per heavy atom. The van der Waals surface area contributed by atoms with E-state index in [1.54, 1.807) is 0 Å². The van der Waals surface area contributed by atoms with Crippen molar-refractivity contribution in [2.75, 3.05) is 0 Å². The molecule has 0 atom stereocenters. The van der Waals surface area contributed by atoms with Crippen molar-refractivity contribution in [3.8, 4) is 5.75 Å². The van der Waals surface area contributed by atoms with E-state index in [-0.39, 0.29) is 6.10 Å². The summed E-state index contributed by atoms with van der Waals surface area (Å²) in [5.74, 6) is 2.33. The predicted octanol–water partition coefficient (Wildman–Crippen LogP) is 7.02. The molecule has 138 valence electrons. The molecular formula is C25H32O. The van der Waals surface area contributed by atoms with Crippen molar-refractivity contribution in [2.45, 2.75) is 70.3 Å². The molecule has 0 heterocycles. The third-order valence-corrected chi connectivity index (χ3v) is 6.49. The third kappa shape index (κ3) is 3.98. The maximum absolute atomic E-state index is 6.35. The van der Waals surface area contributed by atoms with Crippen molar-refractivity contribution >= 4 is 0 Å². The zero-order chi connectivity index (χ0) is 17.8. The highest BCUT2D eigenvalue weighted by atomic mass is 16.5. The third-order valence-electron chi connectivity index (χ3n) is 6.49. The smallest absolute Gasteiger partial charge is 0.136 e. The van der Waals surface area contributed by atoms with Crippen LogP contribution in [0.25, 0.3) is 0 Å². The van der Waals surface area contributed by atoms with E-state index in [2.05, 4.69) is 43.0 Å². The summed E-state index contributed by atoms with van der Waals surface area (Å²) in [4.78, 5) is 0. The van der Waals surface area contributed by atoms with E-state index in [0.29, 0.717) is 11.8 Å². The van der Waals surface area contributed by atoms with Gasteiger partial charge in [-0.15, -0.1) is 0 Å². The maximum Gasteiger partial charge on any atom is 0.136 e. The van der Waals surface area contributed by atoms with Gasteiger partial charge in [0.15, 0.2) is 0 Å². The van der Waals surface area contributed by atoms with E-state index in [9.17, 15) is 0 Å². The second-order valence-corrected chi connectivity index (χ2v) is 8.29.